The van der Waals surface area contributed by atoms with Gasteiger partial charge in [0.25, 0.3) is 0 Å². The highest BCUT2D eigenvalue weighted by molar-refractivity contribution is 7.97. The van der Waals surface area contributed by atoms with E-state index < -0.39 is 0 Å². The average molecular weight is 252 g/mol. The van der Waals surface area contributed by atoms with Crippen molar-refractivity contribution in [1.82, 2.24) is 15.0 Å². The van der Waals surface area contributed by atoms with Gasteiger partial charge >= 0.3 is 0 Å². The standard InChI is InChI=1S/C11H10ClN3S/c1-16-7-9-6-10(12)15-11(14-9)8-2-4-13-5-3-8/h2-6H,7H2,1H3. The third-order valence-corrected chi connectivity index (χ3v) is 2.76. The van der Waals surface area contributed by atoms with Crippen LogP contribution in [0.2, 0.25) is 5.15 Å². The SMILES string of the molecule is CSCc1cc(Cl)nc(-c2ccncc2)n1. The van der Waals surface area contributed by atoms with Crippen LogP contribution in [0.5, 0.6) is 0 Å². The Bertz CT molecular complexity index is 476. The maximum atomic E-state index is 5.96. The normalized spacial score (nSPS) is 10.4. The van der Waals surface area contributed by atoms with Gasteiger partial charge < -0.3 is 0 Å². The molecule has 0 aliphatic carbocycles. The minimum atomic E-state index is 0.478. The summed E-state index contributed by atoms with van der Waals surface area (Å²) in [5.74, 6) is 1.49. The monoisotopic (exact) mass is 251 g/mol. The maximum Gasteiger partial charge on any atom is 0.161 e. The lowest BCUT2D eigenvalue weighted by Gasteiger charge is -2.03. The summed E-state index contributed by atoms with van der Waals surface area (Å²) in [7, 11) is 0. The zero-order valence-electron chi connectivity index (χ0n) is 8.72. The fraction of sp³-hybridized carbons (Fsp3) is 0.182. The molecule has 0 bridgehead atoms. The first-order valence-electron chi connectivity index (χ1n) is 4.72. The fourth-order valence-electron chi connectivity index (χ4n) is 1.32. The summed E-state index contributed by atoms with van der Waals surface area (Å²) in [5, 5.41) is 0.478. The van der Waals surface area contributed by atoms with Crippen molar-refractivity contribution in [2.24, 2.45) is 0 Å². The first-order chi connectivity index (χ1) is 7.79. The Morgan fingerprint density at radius 2 is 2.00 bits per heavy atom. The molecule has 0 atom stereocenters. The summed E-state index contributed by atoms with van der Waals surface area (Å²) in [5.41, 5.74) is 1.87. The zero-order valence-corrected chi connectivity index (χ0v) is 10.3. The van der Waals surface area contributed by atoms with Gasteiger partial charge in [0.2, 0.25) is 0 Å². The molecule has 2 heterocycles. The second kappa shape index (κ2) is 5.27. The van der Waals surface area contributed by atoms with Gasteiger partial charge in [0, 0.05) is 23.7 Å². The summed E-state index contributed by atoms with van der Waals surface area (Å²) < 4.78 is 0. The zero-order chi connectivity index (χ0) is 11.4. The number of aromatic nitrogens is 3. The van der Waals surface area contributed by atoms with Crippen LogP contribution in [0.1, 0.15) is 5.69 Å². The van der Waals surface area contributed by atoms with Gasteiger partial charge in [0.15, 0.2) is 5.82 Å². The van der Waals surface area contributed by atoms with Gasteiger partial charge in [-0.15, -0.1) is 0 Å². The molecular formula is C11H10ClN3S. The Balaban J connectivity index is 2.41. The van der Waals surface area contributed by atoms with Crippen molar-refractivity contribution in [2.75, 3.05) is 6.26 Å². The molecule has 0 unspecified atom stereocenters. The molecule has 0 N–H and O–H groups in total. The summed E-state index contributed by atoms with van der Waals surface area (Å²) in [6.07, 6.45) is 5.46. The number of thioether (sulfide) groups is 1. The van der Waals surface area contributed by atoms with Crippen LogP contribution in [0.4, 0.5) is 0 Å². The Morgan fingerprint density at radius 1 is 1.25 bits per heavy atom. The largest absolute Gasteiger partial charge is 0.265 e. The van der Waals surface area contributed by atoms with Crippen molar-refractivity contribution in [3.63, 3.8) is 0 Å². The highest BCUT2D eigenvalue weighted by atomic mass is 35.5. The second-order valence-corrected chi connectivity index (χ2v) is 4.43. The summed E-state index contributed by atoms with van der Waals surface area (Å²) in [4.78, 5) is 12.6. The van der Waals surface area contributed by atoms with Crippen LogP contribution >= 0.6 is 23.4 Å². The molecule has 16 heavy (non-hydrogen) atoms. The van der Waals surface area contributed by atoms with Crippen LogP contribution in [0.15, 0.2) is 30.6 Å². The molecule has 5 heteroatoms. The minimum absolute atomic E-state index is 0.478. The minimum Gasteiger partial charge on any atom is -0.265 e. The van der Waals surface area contributed by atoms with E-state index in [1.807, 2.05) is 18.4 Å². The van der Waals surface area contributed by atoms with E-state index in [0.29, 0.717) is 11.0 Å². The van der Waals surface area contributed by atoms with Crippen LogP contribution in [0.3, 0.4) is 0 Å². The molecule has 0 aromatic carbocycles. The predicted molar refractivity (Wildman–Crippen MR) is 67.5 cm³/mol. The van der Waals surface area contributed by atoms with Gasteiger partial charge in [-0.3, -0.25) is 4.98 Å². The molecule has 82 valence electrons. The molecule has 2 rings (SSSR count). The average Bonchev–Trinajstić information content (AvgIpc) is 2.30. The molecule has 0 amide bonds. The fourth-order valence-corrected chi connectivity index (χ4v) is 1.97. The van der Waals surface area contributed by atoms with E-state index in [1.54, 1.807) is 30.2 Å². The Hall–Kier alpha value is -1.13. The lowest BCUT2D eigenvalue weighted by atomic mass is 10.2. The van der Waals surface area contributed by atoms with E-state index in [-0.39, 0.29) is 0 Å². The van der Waals surface area contributed by atoms with E-state index in [0.717, 1.165) is 17.0 Å². The van der Waals surface area contributed by atoms with Gasteiger partial charge in [-0.1, -0.05) is 11.6 Å². The van der Waals surface area contributed by atoms with Crippen LogP contribution in [-0.2, 0) is 5.75 Å². The smallest absolute Gasteiger partial charge is 0.161 e. The molecule has 0 saturated carbocycles. The Morgan fingerprint density at radius 3 is 2.69 bits per heavy atom. The number of hydrogen-bond donors (Lipinski definition) is 0. The highest BCUT2D eigenvalue weighted by Gasteiger charge is 2.05. The second-order valence-electron chi connectivity index (χ2n) is 3.17. The summed E-state index contributed by atoms with van der Waals surface area (Å²) >= 11 is 7.67. The number of pyridine rings is 1. The van der Waals surface area contributed by atoms with Gasteiger partial charge in [-0.2, -0.15) is 11.8 Å². The van der Waals surface area contributed by atoms with Crippen molar-refractivity contribution < 1.29 is 0 Å². The van der Waals surface area contributed by atoms with Crippen molar-refractivity contribution in [3.8, 4) is 11.4 Å². The molecule has 0 aliphatic rings. The van der Waals surface area contributed by atoms with Gasteiger partial charge in [0.1, 0.15) is 5.15 Å². The molecule has 0 aliphatic heterocycles. The van der Waals surface area contributed by atoms with Gasteiger partial charge in [-0.05, 0) is 24.5 Å². The van der Waals surface area contributed by atoms with Crippen LogP contribution in [-0.4, -0.2) is 21.2 Å². The van der Waals surface area contributed by atoms with Crippen molar-refractivity contribution in [2.45, 2.75) is 5.75 Å². The van der Waals surface area contributed by atoms with E-state index in [1.165, 1.54) is 0 Å². The van der Waals surface area contributed by atoms with Crippen LogP contribution in [0.25, 0.3) is 11.4 Å². The molecule has 0 radical (unpaired) electrons. The quantitative estimate of drug-likeness (QED) is 0.786. The summed E-state index contributed by atoms with van der Waals surface area (Å²) in [6, 6.07) is 5.53. The molecule has 0 fully saturated rings. The van der Waals surface area contributed by atoms with Crippen molar-refractivity contribution in [1.29, 1.82) is 0 Å². The number of halogens is 1. The molecular weight excluding hydrogens is 242 g/mol. The molecule has 0 spiro atoms. The van der Waals surface area contributed by atoms with Crippen molar-refractivity contribution in [3.05, 3.63) is 41.4 Å². The number of hydrogen-bond acceptors (Lipinski definition) is 4. The third-order valence-electron chi connectivity index (χ3n) is 1.98. The molecule has 3 nitrogen and oxygen atoms in total. The summed E-state index contributed by atoms with van der Waals surface area (Å²) in [6.45, 7) is 0. The first kappa shape index (κ1) is 11.4. The topological polar surface area (TPSA) is 38.7 Å². The highest BCUT2D eigenvalue weighted by Crippen LogP contribution is 2.18. The van der Waals surface area contributed by atoms with E-state index >= 15 is 0 Å². The van der Waals surface area contributed by atoms with Gasteiger partial charge in [0.05, 0.1) is 5.69 Å². The van der Waals surface area contributed by atoms with Gasteiger partial charge in [-0.25, -0.2) is 9.97 Å². The van der Waals surface area contributed by atoms with E-state index in [2.05, 4.69) is 15.0 Å². The molecule has 0 saturated heterocycles. The number of nitrogens with zero attached hydrogens (tertiary/aromatic N) is 3. The van der Waals surface area contributed by atoms with E-state index in [9.17, 15) is 0 Å². The lowest BCUT2D eigenvalue weighted by Crippen LogP contribution is -1.95. The maximum absolute atomic E-state index is 5.96. The Kier molecular flexibility index (Phi) is 3.74. The van der Waals surface area contributed by atoms with Crippen LogP contribution in [0, 0.1) is 0 Å². The van der Waals surface area contributed by atoms with Crippen molar-refractivity contribution >= 4 is 23.4 Å². The molecule has 2 aromatic heterocycles. The van der Waals surface area contributed by atoms with Crippen LogP contribution < -0.4 is 0 Å². The lowest BCUT2D eigenvalue weighted by molar-refractivity contribution is 1.10. The third kappa shape index (κ3) is 2.71. The Labute approximate surface area is 103 Å². The predicted octanol–water partition coefficient (Wildman–Crippen LogP) is 3.06. The first-order valence-corrected chi connectivity index (χ1v) is 6.49. The number of rotatable bonds is 3. The molecule has 2 aromatic rings. The van der Waals surface area contributed by atoms with E-state index in [4.69, 9.17) is 11.6 Å².